The van der Waals surface area contributed by atoms with Crippen LogP contribution in [0.4, 0.5) is 0 Å². The number of rotatable bonds is 1. The summed E-state index contributed by atoms with van der Waals surface area (Å²) in [7, 11) is 1.79. The molecule has 4 aliphatic carbocycles. The number of methoxy groups -OCH3 is 1. The van der Waals surface area contributed by atoms with Crippen LogP contribution in [0, 0.1) is 40.4 Å². The smallest absolute Gasteiger partial charge is 0.139 e. The van der Waals surface area contributed by atoms with E-state index in [4.69, 9.17) is 4.74 Å². The molecule has 0 amide bonds. The fraction of sp³-hybridized carbons (Fsp3) is 0.864. The minimum atomic E-state index is -0.0564. The molecule has 0 aliphatic heterocycles. The summed E-state index contributed by atoms with van der Waals surface area (Å²) in [6.45, 7) is 7.29. The van der Waals surface area contributed by atoms with Gasteiger partial charge in [0, 0.05) is 11.8 Å². The fourth-order valence-corrected chi connectivity index (χ4v) is 7.31. The van der Waals surface area contributed by atoms with E-state index in [2.05, 4.69) is 27.0 Å². The summed E-state index contributed by atoms with van der Waals surface area (Å²) < 4.78 is 5.53. The highest BCUT2D eigenvalue weighted by molar-refractivity contribution is 5.87. The summed E-state index contributed by atoms with van der Waals surface area (Å²) >= 11 is 0. The van der Waals surface area contributed by atoms with Gasteiger partial charge in [0.25, 0.3) is 0 Å². The van der Waals surface area contributed by atoms with Gasteiger partial charge in [0.1, 0.15) is 5.78 Å². The van der Waals surface area contributed by atoms with Crippen LogP contribution >= 0.6 is 0 Å². The van der Waals surface area contributed by atoms with Crippen molar-refractivity contribution < 1.29 is 9.53 Å². The van der Waals surface area contributed by atoms with Crippen LogP contribution in [-0.4, -0.2) is 12.9 Å². The molecular formula is C22H34O2. The Morgan fingerprint density at radius 2 is 1.92 bits per heavy atom. The van der Waals surface area contributed by atoms with Crippen molar-refractivity contribution >= 4 is 5.78 Å². The van der Waals surface area contributed by atoms with Crippen LogP contribution in [-0.2, 0) is 9.53 Å². The number of hydrogen-bond acceptors (Lipinski definition) is 2. The van der Waals surface area contributed by atoms with E-state index in [1.165, 1.54) is 37.7 Å². The summed E-state index contributed by atoms with van der Waals surface area (Å²) in [4.78, 5) is 12.6. The number of carbonyl (C=O) groups excluding carboxylic acids is 1. The lowest BCUT2D eigenvalue weighted by Crippen LogP contribution is -2.54. The number of allylic oxidation sites excluding steroid dienone is 1. The number of ether oxygens (including phenoxy) is 1. The lowest BCUT2D eigenvalue weighted by molar-refractivity contribution is -0.135. The molecule has 4 aliphatic rings. The average Bonchev–Trinajstić information content (AvgIpc) is 2.85. The van der Waals surface area contributed by atoms with Crippen molar-refractivity contribution in [1.29, 1.82) is 0 Å². The van der Waals surface area contributed by atoms with Crippen molar-refractivity contribution in [3.8, 4) is 0 Å². The molecular weight excluding hydrogens is 296 g/mol. The van der Waals surface area contributed by atoms with Crippen LogP contribution in [0.15, 0.2) is 11.8 Å². The van der Waals surface area contributed by atoms with Crippen LogP contribution in [0.3, 0.4) is 0 Å². The van der Waals surface area contributed by atoms with Gasteiger partial charge in [-0.15, -0.1) is 0 Å². The Morgan fingerprint density at radius 3 is 2.67 bits per heavy atom. The van der Waals surface area contributed by atoms with Crippen LogP contribution in [0.1, 0.15) is 72.1 Å². The molecule has 0 aromatic heterocycles. The van der Waals surface area contributed by atoms with E-state index < -0.39 is 0 Å². The first-order valence-electron chi connectivity index (χ1n) is 10.1. The van der Waals surface area contributed by atoms with Gasteiger partial charge in [-0.1, -0.05) is 27.2 Å². The van der Waals surface area contributed by atoms with Crippen molar-refractivity contribution in [3.05, 3.63) is 11.8 Å². The number of ketones is 1. The van der Waals surface area contributed by atoms with Gasteiger partial charge in [-0.05, 0) is 79.1 Å². The molecule has 2 nitrogen and oxygen atoms in total. The number of hydrogen-bond donors (Lipinski definition) is 0. The quantitative estimate of drug-likeness (QED) is 0.604. The van der Waals surface area contributed by atoms with Gasteiger partial charge in [0.05, 0.1) is 13.4 Å². The highest BCUT2D eigenvalue weighted by Crippen LogP contribution is 2.67. The third-order valence-corrected chi connectivity index (χ3v) is 8.80. The molecule has 4 rings (SSSR count). The summed E-state index contributed by atoms with van der Waals surface area (Å²) in [6, 6.07) is 0. The molecule has 4 fully saturated rings. The summed E-state index contributed by atoms with van der Waals surface area (Å²) in [5.41, 5.74) is 1.96. The van der Waals surface area contributed by atoms with E-state index in [0.29, 0.717) is 23.0 Å². The van der Waals surface area contributed by atoms with Crippen molar-refractivity contribution in [1.82, 2.24) is 0 Å². The predicted octanol–water partition coefficient (Wildman–Crippen LogP) is 5.37. The fourth-order valence-electron chi connectivity index (χ4n) is 7.31. The Kier molecular flexibility index (Phi) is 3.89. The van der Waals surface area contributed by atoms with Crippen molar-refractivity contribution in [2.24, 2.45) is 40.4 Å². The maximum atomic E-state index is 12.6. The van der Waals surface area contributed by atoms with E-state index in [1.54, 1.807) is 7.11 Å². The zero-order chi connectivity index (χ0) is 17.1. The summed E-state index contributed by atoms with van der Waals surface area (Å²) in [6.07, 6.45) is 11.7. The van der Waals surface area contributed by atoms with Gasteiger partial charge < -0.3 is 4.74 Å². The number of Topliss-reactive ketones (excluding diaryl/α,β-unsaturated/α-hetero) is 1. The average molecular weight is 331 g/mol. The first-order valence-corrected chi connectivity index (χ1v) is 10.1. The third kappa shape index (κ3) is 2.17. The second kappa shape index (κ2) is 5.61. The van der Waals surface area contributed by atoms with Crippen molar-refractivity contribution in [2.75, 3.05) is 7.11 Å². The van der Waals surface area contributed by atoms with Crippen LogP contribution in [0.2, 0.25) is 0 Å². The molecule has 0 aromatic rings. The van der Waals surface area contributed by atoms with Gasteiger partial charge >= 0.3 is 0 Å². The van der Waals surface area contributed by atoms with Gasteiger partial charge in [0.15, 0.2) is 0 Å². The molecule has 0 saturated heterocycles. The zero-order valence-electron chi connectivity index (χ0n) is 15.9. The van der Waals surface area contributed by atoms with Gasteiger partial charge in [0.2, 0.25) is 0 Å². The largest absolute Gasteiger partial charge is 0.504 e. The lowest BCUT2D eigenvalue weighted by Gasteiger charge is -2.60. The minimum absolute atomic E-state index is 0.0564. The van der Waals surface area contributed by atoms with E-state index in [9.17, 15) is 4.79 Å². The highest BCUT2D eigenvalue weighted by atomic mass is 16.5. The molecule has 24 heavy (non-hydrogen) atoms. The topological polar surface area (TPSA) is 26.3 Å². The zero-order valence-corrected chi connectivity index (χ0v) is 15.9. The molecule has 0 spiro atoms. The van der Waals surface area contributed by atoms with Crippen molar-refractivity contribution in [2.45, 2.75) is 72.1 Å². The van der Waals surface area contributed by atoms with E-state index in [-0.39, 0.29) is 5.41 Å². The Balaban J connectivity index is 1.74. The van der Waals surface area contributed by atoms with Gasteiger partial charge in [-0.25, -0.2) is 0 Å². The molecule has 134 valence electrons. The number of carbonyl (C=O) groups is 1. The molecule has 4 saturated carbocycles. The Hall–Kier alpha value is -0.790. The molecule has 0 heterocycles. The first-order chi connectivity index (χ1) is 11.4. The Morgan fingerprint density at radius 1 is 1.12 bits per heavy atom. The molecule has 0 aromatic carbocycles. The third-order valence-electron chi connectivity index (χ3n) is 8.80. The van der Waals surface area contributed by atoms with Crippen LogP contribution in [0.5, 0.6) is 0 Å². The predicted molar refractivity (Wildman–Crippen MR) is 96.4 cm³/mol. The van der Waals surface area contributed by atoms with Crippen LogP contribution < -0.4 is 0 Å². The molecule has 2 heteroatoms. The highest BCUT2D eigenvalue weighted by Gasteiger charge is 2.61. The second-order valence-corrected chi connectivity index (χ2v) is 9.87. The molecule has 0 unspecified atom stereocenters. The normalized spacial score (nSPS) is 52.6. The molecule has 0 bridgehead atoms. The van der Waals surface area contributed by atoms with Crippen molar-refractivity contribution in [3.63, 3.8) is 0 Å². The Bertz CT molecular complexity index is 564. The summed E-state index contributed by atoms with van der Waals surface area (Å²) in [5.74, 6) is 4.11. The van der Waals surface area contributed by atoms with E-state index in [0.717, 1.165) is 37.0 Å². The maximum Gasteiger partial charge on any atom is 0.139 e. The summed E-state index contributed by atoms with van der Waals surface area (Å²) in [5, 5.41) is 0. The van der Waals surface area contributed by atoms with Gasteiger partial charge in [-0.3, -0.25) is 4.79 Å². The van der Waals surface area contributed by atoms with Gasteiger partial charge in [-0.2, -0.15) is 0 Å². The number of fused-ring (bicyclic) bond motifs is 5. The standard InChI is InChI=1S/C22H34O2/c1-14-7-9-21(2)16(11-14)12-15(13-24-4)20-17-5-6-19(23)22(17,3)10-8-18(20)21/h13-14,16-18,20H,5-12H2,1-4H3/b15-13+/t14-,16+,17-,18-,20-,21-,22-/m0/s1. The monoisotopic (exact) mass is 330 g/mol. The lowest BCUT2D eigenvalue weighted by atomic mass is 9.44. The molecule has 0 radical (unpaired) electrons. The first kappa shape index (κ1) is 16.7. The Labute approximate surface area is 147 Å². The SMILES string of the molecule is CO/C=C1\C[C@H]2C[C@@H](C)CC[C@]2(C)[C@H]2CC[C@]3(C)C(=O)CC[C@H]3[C@H]12. The molecule has 7 atom stereocenters. The molecule has 0 N–H and O–H groups in total. The van der Waals surface area contributed by atoms with E-state index in [1.807, 2.05) is 0 Å². The maximum absolute atomic E-state index is 12.6. The minimum Gasteiger partial charge on any atom is -0.504 e. The second-order valence-electron chi connectivity index (χ2n) is 9.87. The van der Waals surface area contributed by atoms with E-state index >= 15 is 0 Å². The van der Waals surface area contributed by atoms with Crippen LogP contribution in [0.25, 0.3) is 0 Å².